The average molecular weight is 342 g/mol. The first-order valence-electron chi connectivity index (χ1n) is 7.21. The fourth-order valence-corrected chi connectivity index (χ4v) is 8.41. The second-order valence-electron chi connectivity index (χ2n) is 5.37. The van der Waals surface area contributed by atoms with Crippen molar-refractivity contribution in [1.29, 1.82) is 0 Å². The minimum Gasteiger partial charge on any atom is -0.393 e. The molecule has 8 heteroatoms. The second-order valence-corrected chi connectivity index (χ2v) is 12.1. The molecule has 6 nitrogen and oxygen atoms in total. The Morgan fingerprint density at radius 3 is 1.18 bits per heavy atom. The van der Waals surface area contributed by atoms with Gasteiger partial charge in [-0.15, -0.1) is 0 Å². The molecule has 0 amide bonds. The summed E-state index contributed by atoms with van der Waals surface area (Å²) in [6, 6.07) is 8.16. The summed E-state index contributed by atoms with van der Waals surface area (Å²) in [5.41, 5.74) is 0.124. The summed E-state index contributed by atoms with van der Waals surface area (Å²) in [5.74, 6) is 0. The highest BCUT2D eigenvalue weighted by atomic mass is 28.4. The predicted octanol–water partition coefficient (Wildman–Crippen LogP) is -0.553. The first kappa shape index (κ1) is 16.3. The zero-order valence-electron chi connectivity index (χ0n) is 13.3. The number of epoxide rings is 2. The summed E-state index contributed by atoms with van der Waals surface area (Å²) in [7, 11) is 1.71. The first-order chi connectivity index (χ1) is 10.7. The van der Waals surface area contributed by atoms with Crippen molar-refractivity contribution in [3.8, 4) is 0 Å². The average Bonchev–Trinajstić information content (AvgIpc) is 3.44. The van der Waals surface area contributed by atoms with E-state index >= 15 is 0 Å². The van der Waals surface area contributed by atoms with Gasteiger partial charge in [0.15, 0.2) is 0 Å². The van der Waals surface area contributed by atoms with Crippen LogP contribution in [0.15, 0.2) is 24.3 Å². The lowest BCUT2D eigenvalue weighted by molar-refractivity contribution is 0.237. The first-order valence-corrected chi connectivity index (χ1v) is 11.0. The normalized spacial score (nSPS) is 24.4. The maximum Gasteiger partial charge on any atom is 0.404 e. The lowest BCUT2D eigenvalue weighted by atomic mass is 10.4. The molecule has 0 N–H and O–H groups in total. The summed E-state index contributed by atoms with van der Waals surface area (Å²) in [4.78, 5) is 0. The van der Waals surface area contributed by atoms with Gasteiger partial charge in [0.2, 0.25) is 0 Å². The van der Waals surface area contributed by atoms with Crippen LogP contribution >= 0.6 is 0 Å². The van der Waals surface area contributed by atoms with Crippen molar-refractivity contribution in [1.82, 2.24) is 0 Å². The zero-order chi connectivity index (χ0) is 15.8. The molecule has 2 saturated heterocycles. The van der Waals surface area contributed by atoms with E-state index in [1.54, 1.807) is 28.4 Å². The molecule has 2 fully saturated rings. The number of benzene rings is 1. The van der Waals surface area contributed by atoms with Gasteiger partial charge in [-0.25, -0.2) is 0 Å². The fraction of sp³-hybridized carbons (Fsp3) is 0.571. The van der Waals surface area contributed by atoms with Gasteiger partial charge in [-0.05, 0) is 10.4 Å². The van der Waals surface area contributed by atoms with Crippen molar-refractivity contribution in [2.75, 3.05) is 41.7 Å². The van der Waals surface area contributed by atoms with Gasteiger partial charge in [-0.1, -0.05) is 24.3 Å². The van der Waals surface area contributed by atoms with E-state index in [0.717, 1.165) is 10.4 Å². The Labute approximate surface area is 132 Å². The summed E-state index contributed by atoms with van der Waals surface area (Å²) >= 11 is 0. The third-order valence-corrected chi connectivity index (χ3v) is 11.5. The molecule has 0 bridgehead atoms. The van der Waals surface area contributed by atoms with E-state index in [0.29, 0.717) is 13.2 Å². The van der Waals surface area contributed by atoms with Gasteiger partial charge in [0, 0.05) is 28.4 Å². The number of ether oxygens (including phenoxy) is 2. The van der Waals surface area contributed by atoms with E-state index in [1.165, 1.54) is 0 Å². The summed E-state index contributed by atoms with van der Waals surface area (Å²) in [6.07, 6.45) is 0. The molecule has 1 aromatic rings. The molecule has 0 radical (unpaired) electrons. The third-order valence-electron chi connectivity index (χ3n) is 4.42. The molecular formula is C14H22O6Si2. The third kappa shape index (κ3) is 2.49. The second kappa shape index (κ2) is 6.13. The largest absolute Gasteiger partial charge is 0.404 e. The van der Waals surface area contributed by atoms with Gasteiger partial charge >= 0.3 is 17.1 Å². The van der Waals surface area contributed by atoms with Crippen molar-refractivity contribution in [2.45, 2.75) is 11.5 Å². The van der Waals surface area contributed by atoms with Crippen molar-refractivity contribution in [3.05, 3.63) is 24.3 Å². The number of hydrogen-bond donors (Lipinski definition) is 0. The molecule has 2 aliphatic heterocycles. The van der Waals surface area contributed by atoms with Crippen LogP contribution < -0.4 is 10.4 Å². The van der Waals surface area contributed by atoms with Gasteiger partial charge in [0.1, 0.15) is 11.5 Å². The molecule has 0 aromatic heterocycles. The smallest absolute Gasteiger partial charge is 0.393 e. The van der Waals surface area contributed by atoms with Gasteiger partial charge in [0.25, 0.3) is 0 Å². The molecule has 0 aliphatic carbocycles. The summed E-state index contributed by atoms with van der Waals surface area (Å²) in [5, 5.41) is 2.10. The van der Waals surface area contributed by atoms with Crippen LogP contribution in [-0.4, -0.2) is 70.2 Å². The predicted molar refractivity (Wildman–Crippen MR) is 84.7 cm³/mol. The van der Waals surface area contributed by atoms with Crippen LogP contribution in [0.5, 0.6) is 0 Å². The van der Waals surface area contributed by atoms with E-state index in [-0.39, 0.29) is 11.5 Å². The monoisotopic (exact) mass is 342 g/mol. The Kier molecular flexibility index (Phi) is 4.54. The topological polar surface area (TPSA) is 62.0 Å². The Morgan fingerprint density at radius 1 is 0.727 bits per heavy atom. The number of hydrogen-bond acceptors (Lipinski definition) is 6. The highest BCUT2D eigenvalue weighted by molar-refractivity contribution is 6.84. The molecule has 0 spiro atoms. The summed E-state index contributed by atoms with van der Waals surface area (Å²) < 4.78 is 33.9. The van der Waals surface area contributed by atoms with Crippen LogP contribution in [0.2, 0.25) is 0 Å². The van der Waals surface area contributed by atoms with E-state index in [9.17, 15) is 0 Å². The lowest BCUT2D eigenvalue weighted by Crippen LogP contribution is -2.60. The van der Waals surface area contributed by atoms with Crippen LogP contribution in [-0.2, 0) is 27.2 Å². The Balaban J connectivity index is 1.92. The molecule has 22 heavy (non-hydrogen) atoms. The summed E-state index contributed by atoms with van der Waals surface area (Å²) in [6.45, 7) is 1.39. The van der Waals surface area contributed by atoms with Crippen LogP contribution in [0.3, 0.4) is 0 Å². The minimum atomic E-state index is -2.52. The van der Waals surface area contributed by atoms with Crippen LogP contribution in [0.4, 0.5) is 0 Å². The number of rotatable bonds is 8. The molecule has 1 aromatic carbocycles. The molecule has 2 heterocycles. The van der Waals surface area contributed by atoms with Gasteiger partial charge in [0.05, 0.1) is 13.2 Å². The highest BCUT2D eigenvalue weighted by Crippen LogP contribution is 2.26. The quantitative estimate of drug-likeness (QED) is 0.466. The Bertz CT molecular complexity index is 460. The fourth-order valence-electron chi connectivity index (χ4n) is 3.01. The highest BCUT2D eigenvalue weighted by Gasteiger charge is 2.56. The van der Waals surface area contributed by atoms with Crippen LogP contribution in [0.25, 0.3) is 0 Å². The van der Waals surface area contributed by atoms with Crippen molar-refractivity contribution in [3.63, 3.8) is 0 Å². The maximum atomic E-state index is 5.75. The van der Waals surface area contributed by atoms with Crippen LogP contribution in [0, 0.1) is 0 Å². The molecule has 2 aliphatic rings. The van der Waals surface area contributed by atoms with Gasteiger partial charge in [-0.2, -0.15) is 0 Å². The Morgan fingerprint density at radius 2 is 1.00 bits per heavy atom. The standard InChI is InChI=1S/C14H22O6Si2/c1-15-21(16-2,13-9-19-13)11-5-7-12(8-6-11)22(17-3,18-4)14-10-20-14/h5-8,13-14H,9-10H2,1-4H3. The molecule has 0 saturated carbocycles. The van der Waals surface area contributed by atoms with Gasteiger partial charge in [-0.3, -0.25) is 0 Å². The minimum absolute atomic E-state index is 0.0620. The molecular weight excluding hydrogens is 320 g/mol. The molecule has 2 atom stereocenters. The SMILES string of the molecule is CO[Si](OC)(c1ccc([Si](OC)(OC)C2CO2)cc1)C1CO1. The van der Waals surface area contributed by atoms with Crippen molar-refractivity contribution >= 4 is 27.5 Å². The van der Waals surface area contributed by atoms with Gasteiger partial charge < -0.3 is 27.2 Å². The lowest BCUT2D eigenvalue weighted by Gasteiger charge is -2.28. The molecule has 3 rings (SSSR count). The zero-order valence-corrected chi connectivity index (χ0v) is 15.3. The maximum absolute atomic E-state index is 5.75. The van der Waals surface area contributed by atoms with E-state index in [2.05, 4.69) is 0 Å². The van der Waals surface area contributed by atoms with E-state index < -0.39 is 17.1 Å². The molecule has 2 unspecified atom stereocenters. The Hall–Kier alpha value is -0.586. The van der Waals surface area contributed by atoms with Crippen molar-refractivity contribution in [2.24, 2.45) is 0 Å². The van der Waals surface area contributed by atoms with E-state index in [4.69, 9.17) is 27.2 Å². The molecule has 122 valence electrons. The van der Waals surface area contributed by atoms with Crippen LogP contribution in [0.1, 0.15) is 0 Å². The van der Waals surface area contributed by atoms with E-state index in [1.807, 2.05) is 24.3 Å². The van der Waals surface area contributed by atoms with Crippen molar-refractivity contribution < 1.29 is 27.2 Å².